The number of rotatable bonds is 9. The zero-order chi connectivity index (χ0) is 14.5. The van der Waals surface area contributed by atoms with Crippen LogP contribution in [0.15, 0.2) is 54.6 Å². The van der Waals surface area contributed by atoms with E-state index in [4.69, 9.17) is 0 Å². The molecule has 106 valence electrons. The van der Waals surface area contributed by atoms with Crippen LogP contribution in [0.4, 0.5) is 0 Å². The summed E-state index contributed by atoms with van der Waals surface area (Å²) in [5.74, 6) is -0.0847. The number of carbonyl (C=O) groups is 2. The van der Waals surface area contributed by atoms with Crippen molar-refractivity contribution in [3.05, 3.63) is 60.2 Å². The lowest BCUT2D eigenvalue weighted by atomic mass is 10.1. The first-order chi connectivity index (χ1) is 9.83. The monoisotopic (exact) mass is 271 g/mol. The first-order valence-corrected chi connectivity index (χ1v) is 6.91. The second-order valence-corrected chi connectivity index (χ2v) is 4.41. The number of unbranched alkanes of at least 4 members (excludes halogenated alkanes) is 2. The van der Waals surface area contributed by atoms with E-state index >= 15 is 0 Å². The second-order valence-electron chi connectivity index (χ2n) is 4.41. The van der Waals surface area contributed by atoms with Crippen molar-refractivity contribution < 1.29 is 9.59 Å². The lowest BCUT2D eigenvalue weighted by Gasteiger charge is -2.01. The molecule has 0 atom stereocenters. The van der Waals surface area contributed by atoms with Crippen molar-refractivity contribution in [1.82, 2.24) is 5.32 Å². The van der Waals surface area contributed by atoms with Crippen LogP contribution >= 0.6 is 0 Å². The van der Waals surface area contributed by atoms with E-state index in [-0.39, 0.29) is 5.91 Å². The molecule has 0 fully saturated rings. The maximum absolute atomic E-state index is 11.5. The van der Waals surface area contributed by atoms with Gasteiger partial charge in [-0.05, 0) is 24.8 Å². The summed E-state index contributed by atoms with van der Waals surface area (Å²) in [7, 11) is 0. The highest BCUT2D eigenvalue weighted by Crippen LogP contribution is 1.98. The predicted octanol–water partition coefficient (Wildman–Crippen LogP) is 2.83. The molecule has 3 heteroatoms. The average molecular weight is 271 g/mol. The molecule has 0 unspecified atom stereocenters. The van der Waals surface area contributed by atoms with Crippen LogP contribution in [-0.2, 0) is 16.0 Å². The van der Waals surface area contributed by atoms with Gasteiger partial charge in [0.2, 0.25) is 5.91 Å². The lowest BCUT2D eigenvalue weighted by molar-refractivity contribution is -0.116. The van der Waals surface area contributed by atoms with E-state index in [0.29, 0.717) is 13.0 Å². The Hall–Kier alpha value is -2.16. The highest BCUT2D eigenvalue weighted by Gasteiger charge is 1.94. The van der Waals surface area contributed by atoms with Crippen LogP contribution in [0, 0.1) is 0 Å². The van der Waals surface area contributed by atoms with Gasteiger partial charge in [-0.1, -0.05) is 48.6 Å². The fourth-order valence-electron chi connectivity index (χ4n) is 1.67. The average Bonchev–Trinajstić information content (AvgIpc) is 2.47. The Bertz CT molecular complexity index is 449. The minimum Gasteiger partial charge on any atom is -0.352 e. The third kappa shape index (κ3) is 8.03. The first-order valence-electron chi connectivity index (χ1n) is 6.91. The van der Waals surface area contributed by atoms with E-state index in [9.17, 15) is 9.59 Å². The molecule has 0 bridgehead atoms. The number of allylic oxidation sites excluding steroid dienone is 3. The largest absolute Gasteiger partial charge is 0.352 e. The molecule has 0 saturated heterocycles. The van der Waals surface area contributed by atoms with Gasteiger partial charge in [0.1, 0.15) is 6.29 Å². The van der Waals surface area contributed by atoms with Crippen LogP contribution in [0.5, 0.6) is 0 Å². The van der Waals surface area contributed by atoms with E-state index in [1.807, 2.05) is 42.5 Å². The van der Waals surface area contributed by atoms with Crippen molar-refractivity contribution in [2.45, 2.75) is 25.7 Å². The molecule has 1 aromatic rings. The molecule has 0 radical (unpaired) electrons. The summed E-state index contributed by atoms with van der Waals surface area (Å²) in [4.78, 5) is 21.6. The Balaban J connectivity index is 2.12. The van der Waals surface area contributed by atoms with Gasteiger partial charge in [0, 0.05) is 19.0 Å². The molecule has 0 saturated carbocycles. The van der Waals surface area contributed by atoms with Crippen molar-refractivity contribution in [3.63, 3.8) is 0 Å². The minimum absolute atomic E-state index is 0.0847. The van der Waals surface area contributed by atoms with Gasteiger partial charge in [-0.15, -0.1) is 0 Å². The second kappa shape index (κ2) is 10.7. The summed E-state index contributed by atoms with van der Waals surface area (Å²) in [6.45, 7) is 0.635. The Morgan fingerprint density at radius 1 is 1.10 bits per heavy atom. The third-order valence-corrected chi connectivity index (χ3v) is 2.74. The standard InChI is InChI=1S/C17H21NO2/c19-15-9-4-2-1-3-8-12-17(20)18-14-13-16-10-6-5-7-11-16/h1,3,5-8,10-12,15H,2,4,9,13-14H2,(H,18,20)/b3-1+,12-8+. The van der Waals surface area contributed by atoms with Crippen LogP contribution in [0.1, 0.15) is 24.8 Å². The Morgan fingerprint density at radius 2 is 1.90 bits per heavy atom. The molecule has 0 aliphatic heterocycles. The van der Waals surface area contributed by atoms with Gasteiger partial charge in [-0.2, -0.15) is 0 Å². The molecule has 0 aromatic heterocycles. The van der Waals surface area contributed by atoms with Crippen molar-refractivity contribution in [2.24, 2.45) is 0 Å². The zero-order valence-corrected chi connectivity index (χ0v) is 11.6. The topological polar surface area (TPSA) is 46.2 Å². The van der Waals surface area contributed by atoms with Crippen molar-refractivity contribution in [1.29, 1.82) is 0 Å². The molecule has 20 heavy (non-hydrogen) atoms. The quantitative estimate of drug-likeness (QED) is 0.325. The first kappa shape index (κ1) is 15.9. The van der Waals surface area contributed by atoms with E-state index in [0.717, 1.165) is 25.5 Å². The number of hydrogen-bond acceptors (Lipinski definition) is 2. The van der Waals surface area contributed by atoms with Gasteiger partial charge < -0.3 is 10.1 Å². The smallest absolute Gasteiger partial charge is 0.243 e. The van der Waals surface area contributed by atoms with Crippen LogP contribution in [0.25, 0.3) is 0 Å². The van der Waals surface area contributed by atoms with Gasteiger partial charge in [0.05, 0.1) is 0 Å². The molecule has 1 aromatic carbocycles. The number of carbonyl (C=O) groups excluding carboxylic acids is 2. The van der Waals surface area contributed by atoms with Gasteiger partial charge >= 0.3 is 0 Å². The van der Waals surface area contributed by atoms with Crippen LogP contribution < -0.4 is 5.32 Å². The molecule has 3 nitrogen and oxygen atoms in total. The summed E-state index contributed by atoms with van der Waals surface area (Å²) in [6.07, 6.45) is 11.1. The fraction of sp³-hybridized carbons (Fsp3) is 0.294. The molecule has 1 rings (SSSR count). The number of nitrogens with one attached hydrogen (secondary N) is 1. The molecular weight excluding hydrogens is 250 g/mol. The SMILES string of the molecule is O=CCCC/C=C/C=C/C(=O)NCCc1ccccc1. The van der Waals surface area contributed by atoms with E-state index in [1.165, 1.54) is 11.6 Å². The molecule has 1 amide bonds. The highest BCUT2D eigenvalue weighted by atomic mass is 16.1. The maximum Gasteiger partial charge on any atom is 0.243 e. The van der Waals surface area contributed by atoms with Crippen molar-refractivity contribution >= 4 is 12.2 Å². The molecule has 0 aliphatic carbocycles. The summed E-state index contributed by atoms with van der Waals surface area (Å²) in [5, 5.41) is 2.84. The van der Waals surface area contributed by atoms with Gasteiger partial charge in [-0.25, -0.2) is 0 Å². The van der Waals surface area contributed by atoms with E-state index in [2.05, 4.69) is 5.32 Å². The zero-order valence-electron chi connectivity index (χ0n) is 11.6. The summed E-state index contributed by atoms with van der Waals surface area (Å²) in [5.41, 5.74) is 1.21. The molecule has 0 heterocycles. The summed E-state index contributed by atoms with van der Waals surface area (Å²) >= 11 is 0. The molecule has 0 spiro atoms. The number of hydrogen-bond donors (Lipinski definition) is 1. The molecule has 1 N–H and O–H groups in total. The van der Waals surface area contributed by atoms with Crippen LogP contribution in [0.2, 0.25) is 0 Å². The predicted molar refractivity (Wildman–Crippen MR) is 81.4 cm³/mol. The third-order valence-electron chi connectivity index (χ3n) is 2.74. The molecule has 0 aliphatic rings. The van der Waals surface area contributed by atoms with Crippen molar-refractivity contribution in [3.8, 4) is 0 Å². The molecular formula is C17H21NO2. The van der Waals surface area contributed by atoms with Gasteiger partial charge in [-0.3, -0.25) is 4.79 Å². The van der Waals surface area contributed by atoms with Crippen molar-refractivity contribution in [2.75, 3.05) is 6.54 Å². The van der Waals surface area contributed by atoms with Gasteiger partial charge in [0.25, 0.3) is 0 Å². The summed E-state index contributed by atoms with van der Waals surface area (Å²) < 4.78 is 0. The Kier molecular flexibility index (Phi) is 8.53. The lowest BCUT2D eigenvalue weighted by Crippen LogP contribution is -2.23. The van der Waals surface area contributed by atoms with E-state index in [1.54, 1.807) is 6.08 Å². The van der Waals surface area contributed by atoms with Crippen LogP contribution in [-0.4, -0.2) is 18.7 Å². The number of amides is 1. The fourth-order valence-corrected chi connectivity index (χ4v) is 1.67. The Morgan fingerprint density at radius 3 is 2.65 bits per heavy atom. The van der Waals surface area contributed by atoms with E-state index < -0.39 is 0 Å². The normalized spacial score (nSPS) is 11.0. The van der Waals surface area contributed by atoms with Gasteiger partial charge in [0.15, 0.2) is 0 Å². The number of benzene rings is 1. The highest BCUT2D eigenvalue weighted by molar-refractivity contribution is 5.87. The minimum atomic E-state index is -0.0847. The number of aldehydes is 1. The Labute approximate surface area is 120 Å². The summed E-state index contributed by atoms with van der Waals surface area (Å²) in [6, 6.07) is 10.1. The van der Waals surface area contributed by atoms with Crippen LogP contribution in [0.3, 0.4) is 0 Å². The maximum atomic E-state index is 11.5.